The molecule has 1 aromatic heterocycles. The van der Waals surface area contributed by atoms with Gasteiger partial charge >= 0.3 is 0 Å². The van der Waals surface area contributed by atoms with Crippen molar-refractivity contribution in [2.45, 2.75) is 19.2 Å². The minimum absolute atomic E-state index is 0.0564. The SMILES string of the molecule is Cc1nc(CCl)cc(C(F)F)c1O. The molecule has 72 valence electrons. The Bertz CT molecular complexity index is 317. The van der Waals surface area contributed by atoms with Crippen LogP contribution in [0.4, 0.5) is 8.78 Å². The number of nitrogens with zero attached hydrogens (tertiary/aromatic N) is 1. The van der Waals surface area contributed by atoms with Gasteiger partial charge in [-0.3, -0.25) is 4.98 Å². The molecule has 1 rings (SSSR count). The van der Waals surface area contributed by atoms with E-state index in [0.29, 0.717) is 5.69 Å². The summed E-state index contributed by atoms with van der Waals surface area (Å²) < 4.78 is 24.6. The van der Waals surface area contributed by atoms with E-state index in [0.717, 1.165) is 6.07 Å². The number of aryl methyl sites for hydroxylation is 1. The summed E-state index contributed by atoms with van der Waals surface area (Å²) in [5.41, 5.74) is 0.101. The normalized spacial score (nSPS) is 10.8. The highest BCUT2D eigenvalue weighted by Gasteiger charge is 2.16. The highest BCUT2D eigenvalue weighted by molar-refractivity contribution is 6.16. The molecule has 1 N–H and O–H groups in total. The van der Waals surface area contributed by atoms with Crippen molar-refractivity contribution in [1.29, 1.82) is 0 Å². The summed E-state index contributed by atoms with van der Waals surface area (Å²) in [6.07, 6.45) is -2.70. The molecule has 0 fully saturated rings. The molecule has 0 aliphatic rings. The third-order valence-electron chi connectivity index (χ3n) is 1.62. The first-order valence-corrected chi connectivity index (χ1v) is 4.13. The maximum Gasteiger partial charge on any atom is 0.267 e. The lowest BCUT2D eigenvalue weighted by Gasteiger charge is -2.07. The van der Waals surface area contributed by atoms with E-state index in [4.69, 9.17) is 11.6 Å². The van der Waals surface area contributed by atoms with Crippen LogP contribution < -0.4 is 0 Å². The van der Waals surface area contributed by atoms with Crippen molar-refractivity contribution in [2.24, 2.45) is 0 Å². The Balaban J connectivity index is 3.25. The Morgan fingerprint density at radius 3 is 2.69 bits per heavy atom. The monoisotopic (exact) mass is 207 g/mol. The summed E-state index contributed by atoms with van der Waals surface area (Å²) in [7, 11) is 0. The van der Waals surface area contributed by atoms with E-state index >= 15 is 0 Å². The van der Waals surface area contributed by atoms with E-state index in [9.17, 15) is 13.9 Å². The Morgan fingerprint density at radius 2 is 2.23 bits per heavy atom. The maximum atomic E-state index is 12.3. The highest BCUT2D eigenvalue weighted by atomic mass is 35.5. The van der Waals surface area contributed by atoms with Crippen LogP contribution in [0.25, 0.3) is 0 Å². The quantitative estimate of drug-likeness (QED) is 0.757. The highest BCUT2D eigenvalue weighted by Crippen LogP contribution is 2.30. The van der Waals surface area contributed by atoms with Gasteiger partial charge in [-0.15, -0.1) is 11.6 Å². The Morgan fingerprint density at radius 1 is 1.62 bits per heavy atom. The van der Waals surface area contributed by atoms with Crippen LogP contribution in [0.1, 0.15) is 23.4 Å². The summed E-state index contributed by atoms with van der Waals surface area (Å²) in [5.74, 6) is -0.398. The van der Waals surface area contributed by atoms with Crippen LogP contribution in [-0.4, -0.2) is 10.1 Å². The number of alkyl halides is 3. The number of hydrogen-bond acceptors (Lipinski definition) is 2. The van der Waals surface area contributed by atoms with Gasteiger partial charge in [0.25, 0.3) is 6.43 Å². The van der Waals surface area contributed by atoms with Gasteiger partial charge in [0.2, 0.25) is 0 Å². The second kappa shape index (κ2) is 3.87. The molecule has 0 unspecified atom stereocenters. The van der Waals surface area contributed by atoms with Crippen LogP contribution in [-0.2, 0) is 5.88 Å². The Hall–Kier alpha value is -0.900. The fourth-order valence-corrected chi connectivity index (χ4v) is 1.13. The number of rotatable bonds is 2. The van der Waals surface area contributed by atoms with Crippen molar-refractivity contribution in [2.75, 3.05) is 0 Å². The average molecular weight is 208 g/mol. The van der Waals surface area contributed by atoms with E-state index < -0.39 is 17.7 Å². The van der Waals surface area contributed by atoms with Gasteiger partial charge in [0.05, 0.1) is 22.8 Å². The first-order valence-electron chi connectivity index (χ1n) is 3.59. The van der Waals surface area contributed by atoms with Crippen LogP contribution in [0.15, 0.2) is 6.07 Å². The van der Waals surface area contributed by atoms with Gasteiger partial charge < -0.3 is 5.11 Å². The zero-order chi connectivity index (χ0) is 10.0. The van der Waals surface area contributed by atoms with Crippen molar-refractivity contribution in [3.63, 3.8) is 0 Å². The van der Waals surface area contributed by atoms with E-state index in [2.05, 4.69) is 4.98 Å². The molecule has 13 heavy (non-hydrogen) atoms. The summed E-state index contributed by atoms with van der Waals surface area (Å²) in [5, 5.41) is 9.20. The molecule has 1 aromatic rings. The lowest BCUT2D eigenvalue weighted by atomic mass is 10.2. The number of hydrogen-bond donors (Lipinski definition) is 1. The van der Waals surface area contributed by atoms with E-state index in [1.165, 1.54) is 6.92 Å². The minimum Gasteiger partial charge on any atom is -0.506 e. The van der Waals surface area contributed by atoms with Crippen molar-refractivity contribution in [3.8, 4) is 5.75 Å². The third-order valence-corrected chi connectivity index (χ3v) is 1.90. The van der Waals surface area contributed by atoms with Crippen LogP contribution in [0.2, 0.25) is 0 Å². The van der Waals surface area contributed by atoms with Gasteiger partial charge in [0.1, 0.15) is 5.75 Å². The molecule has 0 atom stereocenters. The molecule has 0 saturated heterocycles. The molecule has 5 heteroatoms. The van der Waals surface area contributed by atoms with Gasteiger partial charge in [-0.1, -0.05) is 0 Å². The first-order chi connectivity index (χ1) is 6.06. The molecule has 2 nitrogen and oxygen atoms in total. The standard InChI is InChI=1S/C8H8ClF2NO/c1-4-7(13)6(8(10)11)2-5(3-9)12-4/h2,8,13H,3H2,1H3. The van der Waals surface area contributed by atoms with Gasteiger partial charge in [0, 0.05) is 0 Å². The van der Waals surface area contributed by atoms with E-state index in [-0.39, 0.29) is 11.6 Å². The van der Waals surface area contributed by atoms with E-state index in [1.54, 1.807) is 0 Å². The van der Waals surface area contributed by atoms with Gasteiger partial charge in [-0.25, -0.2) is 8.78 Å². The molecule has 0 radical (unpaired) electrons. The van der Waals surface area contributed by atoms with Crippen molar-refractivity contribution >= 4 is 11.6 Å². The molecule has 0 saturated carbocycles. The van der Waals surface area contributed by atoms with Crippen molar-refractivity contribution in [1.82, 2.24) is 4.98 Å². The van der Waals surface area contributed by atoms with Crippen LogP contribution in [0.3, 0.4) is 0 Å². The lowest BCUT2D eigenvalue weighted by molar-refractivity contribution is 0.147. The number of halogens is 3. The summed E-state index contributed by atoms with van der Waals surface area (Å²) in [6, 6.07) is 1.11. The topological polar surface area (TPSA) is 33.1 Å². The molecular formula is C8H8ClF2NO. The summed E-state index contributed by atoms with van der Waals surface area (Å²) >= 11 is 5.44. The van der Waals surface area contributed by atoms with E-state index in [1.807, 2.05) is 0 Å². The van der Waals surface area contributed by atoms with Crippen LogP contribution in [0.5, 0.6) is 5.75 Å². The van der Waals surface area contributed by atoms with Crippen molar-refractivity contribution in [3.05, 3.63) is 23.0 Å². The zero-order valence-electron chi connectivity index (χ0n) is 6.89. The largest absolute Gasteiger partial charge is 0.506 e. The maximum absolute atomic E-state index is 12.3. The predicted molar refractivity (Wildman–Crippen MR) is 45.2 cm³/mol. The molecule has 1 heterocycles. The molecule has 0 aromatic carbocycles. The van der Waals surface area contributed by atoms with Crippen molar-refractivity contribution < 1.29 is 13.9 Å². The molecule has 0 aliphatic heterocycles. The molecule has 0 bridgehead atoms. The van der Waals surface area contributed by atoms with Gasteiger partial charge in [-0.05, 0) is 13.0 Å². The fraction of sp³-hybridized carbons (Fsp3) is 0.375. The zero-order valence-corrected chi connectivity index (χ0v) is 7.65. The smallest absolute Gasteiger partial charge is 0.267 e. The van der Waals surface area contributed by atoms with Crippen LogP contribution >= 0.6 is 11.6 Å². The second-order valence-electron chi connectivity index (χ2n) is 2.57. The first kappa shape index (κ1) is 10.2. The average Bonchev–Trinajstić information content (AvgIpc) is 2.09. The lowest BCUT2D eigenvalue weighted by Crippen LogP contribution is -1.95. The number of aromatic nitrogens is 1. The van der Waals surface area contributed by atoms with Crippen LogP contribution in [0, 0.1) is 6.92 Å². The molecule has 0 aliphatic carbocycles. The minimum atomic E-state index is -2.70. The molecule has 0 spiro atoms. The Labute approximate surface area is 79.2 Å². The summed E-state index contributed by atoms with van der Waals surface area (Å²) in [4.78, 5) is 3.82. The van der Waals surface area contributed by atoms with Gasteiger partial charge in [-0.2, -0.15) is 0 Å². The third kappa shape index (κ3) is 2.06. The Kier molecular flexibility index (Phi) is 3.03. The second-order valence-corrected chi connectivity index (χ2v) is 2.84. The summed E-state index contributed by atoms with van der Waals surface area (Å²) in [6.45, 7) is 1.46. The number of aromatic hydroxyl groups is 1. The predicted octanol–water partition coefficient (Wildman–Crippen LogP) is 2.77. The number of pyridine rings is 1. The molecule has 0 amide bonds. The molecular weight excluding hydrogens is 200 g/mol. The fourth-order valence-electron chi connectivity index (χ4n) is 0.992. The van der Waals surface area contributed by atoms with Gasteiger partial charge in [0.15, 0.2) is 0 Å².